The molecule has 6 aliphatic rings. The molecule has 150 valence electrons. The Labute approximate surface area is 158 Å². The van der Waals surface area contributed by atoms with Gasteiger partial charge in [-0.2, -0.15) is 0 Å². The molecule has 0 saturated carbocycles. The van der Waals surface area contributed by atoms with Crippen LogP contribution in [0.2, 0.25) is 0 Å². The summed E-state index contributed by atoms with van der Waals surface area (Å²) in [6.07, 6.45) is 6.34. The topological polar surface area (TPSA) is 47.3 Å². The summed E-state index contributed by atoms with van der Waals surface area (Å²) in [5.74, 6) is 0. The lowest BCUT2D eigenvalue weighted by Crippen LogP contribution is -2.31. The lowest BCUT2D eigenvalue weighted by Gasteiger charge is -2.20. The molecular weight excluding hydrogens is 330 g/mol. The molecule has 6 fully saturated rings. The van der Waals surface area contributed by atoms with E-state index in [0.29, 0.717) is 42.7 Å². The van der Waals surface area contributed by atoms with Crippen LogP contribution in [0.1, 0.15) is 33.6 Å². The Morgan fingerprint density at radius 3 is 1.58 bits per heavy atom. The van der Waals surface area contributed by atoms with Gasteiger partial charge in [-0.1, -0.05) is 13.3 Å². The predicted octanol–water partition coefficient (Wildman–Crippen LogP) is 1.05. The summed E-state index contributed by atoms with van der Waals surface area (Å²) in [6, 6.07) is 0.710. The van der Waals surface area contributed by atoms with Gasteiger partial charge in [-0.05, 0) is 33.9 Å². The molecule has 6 saturated heterocycles. The maximum Gasteiger partial charge on any atom is 0.0981 e. The summed E-state index contributed by atoms with van der Waals surface area (Å²) < 4.78 is 15.8. The number of hydrogen-bond acceptors (Lipinski definition) is 6. The average Bonchev–Trinajstić information content (AvgIpc) is 3.57. The van der Waals surface area contributed by atoms with Gasteiger partial charge in [0.25, 0.3) is 0 Å². The van der Waals surface area contributed by atoms with E-state index in [1.807, 2.05) is 0 Å². The second kappa shape index (κ2) is 8.02. The predicted molar refractivity (Wildman–Crippen MR) is 102 cm³/mol. The van der Waals surface area contributed by atoms with Crippen LogP contribution in [0.5, 0.6) is 0 Å². The summed E-state index contributed by atoms with van der Waals surface area (Å²) >= 11 is 0. The maximum absolute atomic E-state index is 5.32. The van der Waals surface area contributed by atoms with Gasteiger partial charge in [0.1, 0.15) is 0 Å². The van der Waals surface area contributed by atoms with Gasteiger partial charge in [-0.25, -0.2) is 0 Å². The van der Waals surface area contributed by atoms with Gasteiger partial charge in [-0.3, -0.25) is 9.80 Å². The molecule has 0 aromatic rings. The molecule has 26 heavy (non-hydrogen) atoms. The molecule has 0 aromatic heterocycles. The van der Waals surface area contributed by atoms with E-state index in [-0.39, 0.29) is 0 Å². The number of ether oxygens (including phenoxy) is 3. The summed E-state index contributed by atoms with van der Waals surface area (Å²) in [4.78, 5) is 7.29. The fraction of sp³-hybridized carbons (Fsp3) is 1.00. The first-order chi connectivity index (χ1) is 12.5. The fourth-order valence-electron chi connectivity index (χ4n) is 4.30. The van der Waals surface area contributed by atoms with Crippen LogP contribution in [0.25, 0.3) is 0 Å². The van der Waals surface area contributed by atoms with Crippen molar-refractivity contribution in [3.63, 3.8) is 0 Å². The quantitative estimate of drug-likeness (QED) is 0.692. The van der Waals surface area contributed by atoms with Crippen LogP contribution >= 0.6 is 0 Å². The number of likely N-dealkylation sites (tertiary alicyclic amines) is 3. The van der Waals surface area contributed by atoms with Crippen LogP contribution in [-0.2, 0) is 14.2 Å². The number of rotatable bonds is 4. The van der Waals surface area contributed by atoms with E-state index in [1.165, 1.54) is 45.6 Å². The van der Waals surface area contributed by atoms with Gasteiger partial charge in [0.15, 0.2) is 0 Å². The normalized spacial score (nSPS) is 42.3. The first kappa shape index (κ1) is 19.1. The van der Waals surface area contributed by atoms with E-state index in [1.54, 1.807) is 0 Å². The number of likely N-dealkylation sites (N-methyl/N-ethyl adjacent to an activating group) is 1. The monoisotopic (exact) mass is 367 g/mol. The Hall–Kier alpha value is -0.240. The van der Waals surface area contributed by atoms with Crippen LogP contribution in [-0.4, -0.2) is 110 Å². The van der Waals surface area contributed by atoms with Crippen molar-refractivity contribution in [1.29, 1.82) is 0 Å². The van der Waals surface area contributed by atoms with E-state index in [4.69, 9.17) is 14.2 Å². The molecule has 6 heteroatoms. The minimum atomic E-state index is 0.604. The van der Waals surface area contributed by atoms with E-state index < -0.39 is 0 Å². The number of hydrogen-bond donors (Lipinski definition) is 0. The molecule has 6 aliphatic heterocycles. The standard InChI is InChI=1S/C8H15NO.C7H13NO.C5H9NO/c1-2-3-4-9-5-7-8(6-9)10-7;1-5(2)8-3-6-7(4-8)9-6;1-6-2-4-5(3-6)7-4/h7-8H,2-6H2,1H3;5-7H,3-4H2,1-2H3;4-5H,2-3H2,1H3. The molecular formula is C20H37N3O3. The molecule has 0 aliphatic carbocycles. The van der Waals surface area contributed by atoms with Crippen molar-refractivity contribution in [3.8, 4) is 0 Å². The van der Waals surface area contributed by atoms with E-state index >= 15 is 0 Å². The number of morpholine rings is 3. The van der Waals surface area contributed by atoms with Gasteiger partial charge >= 0.3 is 0 Å². The summed E-state index contributed by atoms with van der Waals surface area (Å²) in [5.41, 5.74) is 0. The Morgan fingerprint density at radius 1 is 0.769 bits per heavy atom. The molecule has 0 aromatic carbocycles. The molecule has 0 bridgehead atoms. The second-order valence-corrected chi connectivity index (χ2v) is 9.02. The summed E-state index contributed by atoms with van der Waals surface area (Å²) in [7, 11) is 2.13. The molecule has 0 amide bonds. The molecule has 6 unspecified atom stereocenters. The Kier molecular flexibility index (Phi) is 5.89. The molecule has 0 N–H and O–H groups in total. The van der Waals surface area contributed by atoms with Crippen LogP contribution in [0, 0.1) is 0 Å². The van der Waals surface area contributed by atoms with Gasteiger partial charge < -0.3 is 19.1 Å². The maximum atomic E-state index is 5.32. The highest BCUT2D eigenvalue weighted by atomic mass is 16.6. The van der Waals surface area contributed by atoms with Crippen molar-refractivity contribution < 1.29 is 14.2 Å². The van der Waals surface area contributed by atoms with Gasteiger partial charge in [0.2, 0.25) is 0 Å². The van der Waals surface area contributed by atoms with Crippen LogP contribution in [0.3, 0.4) is 0 Å². The minimum Gasteiger partial charge on any atom is -0.367 e. The lowest BCUT2D eigenvalue weighted by molar-refractivity contribution is 0.172. The van der Waals surface area contributed by atoms with Gasteiger partial charge in [0, 0.05) is 45.3 Å². The highest BCUT2D eigenvalue weighted by Gasteiger charge is 2.48. The fourth-order valence-corrected chi connectivity index (χ4v) is 4.30. The molecule has 6 atom stereocenters. The summed E-state index contributed by atoms with van der Waals surface area (Å²) in [5, 5.41) is 0. The lowest BCUT2D eigenvalue weighted by atomic mass is 10.3. The first-order valence-electron chi connectivity index (χ1n) is 10.6. The van der Waals surface area contributed by atoms with Crippen molar-refractivity contribution in [2.24, 2.45) is 0 Å². The number of unbranched alkanes of at least 4 members (excludes halogenated alkanes) is 1. The van der Waals surface area contributed by atoms with Crippen molar-refractivity contribution in [2.75, 3.05) is 52.9 Å². The third kappa shape index (κ3) is 4.97. The third-order valence-corrected chi connectivity index (χ3v) is 6.31. The van der Waals surface area contributed by atoms with Crippen molar-refractivity contribution in [3.05, 3.63) is 0 Å². The molecule has 0 radical (unpaired) electrons. The SMILES string of the molecule is CC(C)N1CC2OC2C1.CCCCN1CC2OC2C1.CN1CC2OC2C1. The number of epoxide rings is 3. The van der Waals surface area contributed by atoms with Gasteiger partial charge in [-0.15, -0.1) is 0 Å². The molecule has 0 spiro atoms. The average molecular weight is 368 g/mol. The van der Waals surface area contributed by atoms with Crippen LogP contribution in [0.4, 0.5) is 0 Å². The Bertz CT molecular complexity index is 447. The Balaban J connectivity index is 0.0000000984. The number of nitrogens with zero attached hydrogens (tertiary/aromatic N) is 3. The van der Waals surface area contributed by atoms with Crippen LogP contribution < -0.4 is 0 Å². The van der Waals surface area contributed by atoms with Crippen molar-refractivity contribution in [1.82, 2.24) is 14.7 Å². The van der Waals surface area contributed by atoms with E-state index in [2.05, 4.69) is 42.5 Å². The molecule has 6 heterocycles. The first-order valence-corrected chi connectivity index (χ1v) is 10.6. The van der Waals surface area contributed by atoms with Crippen LogP contribution in [0.15, 0.2) is 0 Å². The zero-order chi connectivity index (χ0) is 18.3. The van der Waals surface area contributed by atoms with Gasteiger partial charge in [0.05, 0.1) is 36.6 Å². The highest BCUT2D eigenvalue weighted by Crippen LogP contribution is 2.31. The second-order valence-electron chi connectivity index (χ2n) is 9.02. The highest BCUT2D eigenvalue weighted by molar-refractivity contribution is 4.98. The molecule has 6 nitrogen and oxygen atoms in total. The molecule has 6 rings (SSSR count). The van der Waals surface area contributed by atoms with E-state index in [0.717, 1.165) is 13.1 Å². The summed E-state index contributed by atoms with van der Waals surface area (Å²) in [6.45, 7) is 15.1. The number of fused-ring (bicyclic) bond motifs is 3. The zero-order valence-electron chi connectivity index (χ0n) is 17.0. The van der Waals surface area contributed by atoms with Crippen molar-refractivity contribution in [2.45, 2.75) is 76.3 Å². The largest absolute Gasteiger partial charge is 0.367 e. The van der Waals surface area contributed by atoms with Crippen molar-refractivity contribution >= 4 is 0 Å². The Morgan fingerprint density at radius 2 is 1.23 bits per heavy atom. The van der Waals surface area contributed by atoms with E-state index in [9.17, 15) is 0 Å². The third-order valence-electron chi connectivity index (χ3n) is 6.31. The zero-order valence-corrected chi connectivity index (χ0v) is 17.0. The minimum absolute atomic E-state index is 0.604. The smallest absolute Gasteiger partial charge is 0.0981 e.